The van der Waals surface area contributed by atoms with Crippen molar-refractivity contribution in [1.29, 1.82) is 0 Å². The molecule has 3 fully saturated rings. The van der Waals surface area contributed by atoms with E-state index < -0.39 is 0 Å². The standard InChI is InChI=1S/C25H36O5/c1-25-10-8-17-16-5-4-15(29-13-27-2)12-19(16)22-18(9-11-26)24(22)23(17)20(25)6-7-21(25)30-14-28-3/h4-5,12,17-18,20-24,26H,6-11,13-14H2,1-3H3/t17-,18?,20+,21+,22?,23-,24+,25+/m1/s1. The van der Waals surface area contributed by atoms with Crippen molar-refractivity contribution in [3.63, 3.8) is 0 Å². The average molecular weight is 417 g/mol. The van der Waals surface area contributed by atoms with Gasteiger partial charge in [0, 0.05) is 20.8 Å². The number of ether oxygens (including phenoxy) is 4. The number of methoxy groups -OCH3 is 2. The van der Waals surface area contributed by atoms with E-state index in [1.807, 2.05) is 0 Å². The van der Waals surface area contributed by atoms with E-state index in [1.165, 1.54) is 30.4 Å². The summed E-state index contributed by atoms with van der Waals surface area (Å²) >= 11 is 0. The van der Waals surface area contributed by atoms with Crippen LogP contribution in [0.3, 0.4) is 0 Å². The third-order valence-corrected chi connectivity index (χ3v) is 8.93. The highest BCUT2D eigenvalue weighted by Crippen LogP contribution is 2.73. The first kappa shape index (κ1) is 20.7. The van der Waals surface area contributed by atoms with Gasteiger partial charge in [-0.05, 0) is 96.3 Å². The molecule has 0 radical (unpaired) electrons. The smallest absolute Gasteiger partial charge is 0.188 e. The summed E-state index contributed by atoms with van der Waals surface area (Å²) in [6.07, 6.45) is 6.07. The molecule has 5 heteroatoms. The third-order valence-electron chi connectivity index (χ3n) is 8.93. The molecule has 1 N–H and O–H groups in total. The summed E-state index contributed by atoms with van der Waals surface area (Å²) in [7, 11) is 3.37. The van der Waals surface area contributed by atoms with Crippen molar-refractivity contribution in [2.24, 2.45) is 29.1 Å². The van der Waals surface area contributed by atoms with Gasteiger partial charge in [-0.15, -0.1) is 0 Å². The molecule has 8 atom stereocenters. The molecule has 166 valence electrons. The topological polar surface area (TPSA) is 57.2 Å². The second-order valence-electron chi connectivity index (χ2n) is 10.1. The van der Waals surface area contributed by atoms with E-state index >= 15 is 0 Å². The van der Waals surface area contributed by atoms with Gasteiger partial charge in [0.05, 0.1) is 6.10 Å². The Labute approximate surface area is 180 Å². The average Bonchev–Trinajstić information content (AvgIpc) is 3.36. The van der Waals surface area contributed by atoms with Gasteiger partial charge in [0.15, 0.2) is 6.79 Å². The highest BCUT2D eigenvalue weighted by atomic mass is 16.7. The van der Waals surface area contributed by atoms with Crippen LogP contribution in [0.15, 0.2) is 18.2 Å². The molecule has 0 amide bonds. The van der Waals surface area contributed by atoms with Gasteiger partial charge in [0.2, 0.25) is 0 Å². The summed E-state index contributed by atoms with van der Waals surface area (Å²) in [6, 6.07) is 6.69. The van der Waals surface area contributed by atoms with Gasteiger partial charge in [-0.2, -0.15) is 0 Å². The first-order chi connectivity index (χ1) is 14.6. The van der Waals surface area contributed by atoms with Crippen molar-refractivity contribution in [1.82, 2.24) is 0 Å². The van der Waals surface area contributed by atoms with E-state index in [0.29, 0.717) is 48.4 Å². The fraction of sp³-hybridized carbons (Fsp3) is 0.760. The van der Waals surface area contributed by atoms with Crippen LogP contribution in [0.25, 0.3) is 0 Å². The van der Waals surface area contributed by atoms with Crippen molar-refractivity contribution >= 4 is 0 Å². The van der Waals surface area contributed by atoms with Gasteiger partial charge in [-0.3, -0.25) is 0 Å². The Hall–Kier alpha value is -1.14. The predicted octanol–water partition coefficient (Wildman–Crippen LogP) is 4.29. The minimum atomic E-state index is 0.246. The maximum atomic E-state index is 9.74. The molecule has 5 nitrogen and oxygen atoms in total. The summed E-state index contributed by atoms with van der Waals surface area (Å²) in [5.74, 6) is 4.80. The molecule has 30 heavy (non-hydrogen) atoms. The third kappa shape index (κ3) is 3.12. The van der Waals surface area contributed by atoms with Gasteiger partial charge in [0.25, 0.3) is 0 Å². The fourth-order valence-corrected chi connectivity index (χ4v) is 7.75. The molecule has 0 spiro atoms. The Kier molecular flexibility index (Phi) is 5.59. The monoisotopic (exact) mass is 416 g/mol. The lowest BCUT2D eigenvalue weighted by Crippen LogP contribution is -2.45. The molecule has 3 saturated carbocycles. The maximum Gasteiger partial charge on any atom is 0.188 e. The second kappa shape index (κ2) is 8.09. The van der Waals surface area contributed by atoms with Crippen molar-refractivity contribution in [2.75, 3.05) is 34.4 Å². The molecule has 1 aromatic rings. The van der Waals surface area contributed by atoms with E-state index in [4.69, 9.17) is 18.9 Å². The maximum absolute atomic E-state index is 9.74. The summed E-state index contributed by atoms with van der Waals surface area (Å²) < 4.78 is 22.2. The first-order valence-corrected chi connectivity index (χ1v) is 11.6. The summed E-state index contributed by atoms with van der Waals surface area (Å²) in [4.78, 5) is 0. The Bertz CT molecular complexity index is 766. The van der Waals surface area contributed by atoms with Crippen molar-refractivity contribution in [2.45, 2.75) is 57.0 Å². The van der Waals surface area contributed by atoms with Gasteiger partial charge < -0.3 is 24.1 Å². The van der Waals surface area contributed by atoms with Gasteiger partial charge in [-0.25, -0.2) is 0 Å². The summed E-state index contributed by atoms with van der Waals surface area (Å²) in [6.45, 7) is 3.43. The molecule has 1 aromatic carbocycles. The molecular weight excluding hydrogens is 380 g/mol. The molecule has 0 aromatic heterocycles. The molecule has 4 aliphatic rings. The zero-order chi connectivity index (χ0) is 20.9. The van der Waals surface area contributed by atoms with Crippen LogP contribution in [0.2, 0.25) is 0 Å². The van der Waals surface area contributed by atoms with Crippen LogP contribution >= 0.6 is 0 Å². The van der Waals surface area contributed by atoms with Crippen molar-refractivity contribution in [3.05, 3.63) is 29.3 Å². The number of aliphatic hydroxyl groups is 1. The van der Waals surface area contributed by atoms with Gasteiger partial charge in [0.1, 0.15) is 12.5 Å². The zero-order valence-corrected chi connectivity index (χ0v) is 18.5. The zero-order valence-electron chi connectivity index (χ0n) is 18.5. The lowest BCUT2D eigenvalue weighted by molar-refractivity contribution is -0.126. The fourth-order valence-electron chi connectivity index (χ4n) is 7.75. The van der Waals surface area contributed by atoms with Crippen LogP contribution < -0.4 is 4.74 Å². The molecule has 2 unspecified atom stereocenters. The number of rotatable bonds is 8. The highest BCUT2D eigenvalue weighted by Gasteiger charge is 2.66. The number of benzene rings is 1. The highest BCUT2D eigenvalue weighted by molar-refractivity contribution is 5.48. The Balaban J connectivity index is 1.47. The second-order valence-corrected chi connectivity index (χ2v) is 10.1. The normalized spacial score (nSPS) is 40.9. The predicted molar refractivity (Wildman–Crippen MR) is 113 cm³/mol. The summed E-state index contributed by atoms with van der Waals surface area (Å²) in [5, 5.41) is 9.74. The van der Waals surface area contributed by atoms with E-state index in [9.17, 15) is 5.11 Å². The number of hydrogen-bond donors (Lipinski definition) is 1. The Morgan fingerprint density at radius 1 is 1.03 bits per heavy atom. The first-order valence-electron chi connectivity index (χ1n) is 11.6. The minimum absolute atomic E-state index is 0.246. The Morgan fingerprint density at radius 2 is 1.87 bits per heavy atom. The quantitative estimate of drug-likeness (QED) is 0.641. The van der Waals surface area contributed by atoms with Gasteiger partial charge >= 0.3 is 0 Å². The SMILES string of the molecule is COCOc1ccc2c(c1)C1C(CCO)[C@@H]1[C@@H]1[C@@H]2CC[C@]2(C)[C@@H](OCOC)CC[C@@H]12. The van der Waals surface area contributed by atoms with Crippen LogP contribution in [0.1, 0.15) is 62.0 Å². The van der Waals surface area contributed by atoms with Crippen molar-refractivity contribution in [3.8, 4) is 5.75 Å². The molecule has 4 aliphatic carbocycles. The van der Waals surface area contributed by atoms with E-state index in [-0.39, 0.29) is 18.8 Å². The molecule has 0 heterocycles. The number of fused-ring (bicyclic) bond motifs is 8. The largest absolute Gasteiger partial charge is 0.468 e. The molecule has 0 aliphatic heterocycles. The van der Waals surface area contributed by atoms with Crippen LogP contribution in [0, 0.1) is 29.1 Å². The summed E-state index contributed by atoms with van der Waals surface area (Å²) in [5.41, 5.74) is 3.26. The molecule has 0 bridgehead atoms. The molecule has 5 rings (SSSR count). The van der Waals surface area contributed by atoms with E-state index in [2.05, 4.69) is 25.1 Å². The van der Waals surface area contributed by atoms with E-state index in [1.54, 1.807) is 14.2 Å². The van der Waals surface area contributed by atoms with Crippen molar-refractivity contribution < 1.29 is 24.1 Å². The lowest BCUT2D eigenvalue weighted by atomic mass is 9.55. The van der Waals surface area contributed by atoms with Gasteiger partial charge in [-0.1, -0.05) is 13.0 Å². The molecule has 0 saturated heterocycles. The van der Waals surface area contributed by atoms with E-state index in [0.717, 1.165) is 18.6 Å². The number of hydrogen-bond acceptors (Lipinski definition) is 5. The minimum Gasteiger partial charge on any atom is -0.468 e. The van der Waals surface area contributed by atoms with Crippen LogP contribution in [-0.2, 0) is 14.2 Å². The number of aliphatic hydroxyl groups excluding tert-OH is 1. The lowest BCUT2D eigenvalue weighted by Gasteiger charge is -2.50. The van der Waals surface area contributed by atoms with Crippen LogP contribution in [-0.4, -0.2) is 45.6 Å². The van der Waals surface area contributed by atoms with Crippen LogP contribution in [0.4, 0.5) is 0 Å². The Morgan fingerprint density at radius 3 is 2.63 bits per heavy atom. The molecular formula is C25H36O5. The van der Waals surface area contributed by atoms with Crippen LogP contribution in [0.5, 0.6) is 5.75 Å².